The van der Waals surface area contributed by atoms with Crippen LogP contribution in [0.5, 0.6) is 0 Å². The minimum atomic E-state index is -0.0761. The van der Waals surface area contributed by atoms with Crippen molar-refractivity contribution in [2.24, 2.45) is 0 Å². The van der Waals surface area contributed by atoms with E-state index in [0.29, 0.717) is 18.3 Å². The zero-order chi connectivity index (χ0) is 19.5. The Balaban J connectivity index is 1.86. The normalized spacial score (nSPS) is 10.7. The lowest BCUT2D eigenvalue weighted by Crippen LogP contribution is -2.14. The monoisotopic (exact) mass is 406 g/mol. The second kappa shape index (κ2) is 11.8. The third kappa shape index (κ3) is 7.04. The van der Waals surface area contributed by atoms with Gasteiger partial charge < -0.3 is 14.6 Å². The van der Waals surface area contributed by atoms with E-state index in [-0.39, 0.29) is 11.7 Å². The molecule has 2 rings (SSSR count). The molecular weight excluding hydrogens is 380 g/mol. The molecule has 0 aliphatic rings. The van der Waals surface area contributed by atoms with Gasteiger partial charge in [-0.15, -0.1) is 28.5 Å². The number of benzene rings is 1. The smallest absolute Gasteiger partial charge is 0.234 e. The summed E-state index contributed by atoms with van der Waals surface area (Å²) in [6.07, 6.45) is 4.18. The van der Waals surface area contributed by atoms with E-state index in [1.165, 1.54) is 29.5 Å². The second-order valence-corrected chi connectivity index (χ2v) is 7.91. The van der Waals surface area contributed by atoms with Crippen LogP contribution in [0.15, 0.2) is 47.0 Å². The van der Waals surface area contributed by atoms with Crippen LogP contribution < -0.4 is 5.32 Å². The summed E-state index contributed by atoms with van der Waals surface area (Å²) >= 11 is 3.19. The van der Waals surface area contributed by atoms with E-state index in [9.17, 15) is 4.79 Å². The van der Waals surface area contributed by atoms with Gasteiger partial charge >= 0.3 is 0 Å². The van der Waals surface area contributed by atoms with Gasteiger partial charge in [-0.05, 0) is 36.4 Å². The van der Waals surface area contributed by atoms with E-state index in [4.69, 9.17) is 4.74 Å². The third-order valence-corrected chi connectivity index (χ3v) is 5.68. The Morgan fingerprint density at radius 3 is 2.74 bits per heavy atom. The first kappa shape index (κ1) is 21.5. The van der Waals surface area contributed by atoms with Gasteiger partial charge in [0.25, 0.3) is 0 Å². The molecule has 2 aromatic rings. The first-order chi connectivity index (χ1) is 13.2. The molecule has 0 aliphatic carbocycles. The Bertz CT molecular complexity index is 732. The summed E-state index contributed by atoms with van der Waals surface area (Å²) in [5, 5.41) is 11.9. The van der Waals surface area contributed by atoms with Gasteiger partial charge in [0.05, 0.1) is 5.75 Å². The number of amides is 1. The highest BCUT2D eigenvalue weighted by molar-refractivity contribution is 7.99. The number of methoxy groups -OCH3 is 1. The van der Waals surface area contributed by atoms with E-state index in [1.54, 1.807) is 13.2 Å². The number of carbonyl (C=O) groups excluding carboxylic acids is 1. The molecule has 0 spiro atoms. The van der Waals surface area contributed by atoms with Crippen LogP contribution in [0.4, 0.5) is 5.69 Å². The molecule has 0 bridgehead atoms. The van der Waals surface area contributed by atoms with Crippen LogP contribution in [0.25, 0.3) is 0 Å². The number of aromatic nitrogens is 3. The zero-order valence-electron chi connectivity index (χ0n) is 15.8. The van der Waals surface area contributed by atoms with Crippen LogP contribution in [0, 0.1) is 0 Å². The van der Waals surface area contributed by atoms with Gasteiger partial charge in [0.2, 0.25) is 5.91 Å². The fourth-order valence-electron chi connectivity index (χ4n) is 2.27. The SMILES string of the molecule is C=CCn1c(COC)nnc1SCC(=O)Nc1ccc(SCCCC)cc1. The van der Waals surface area contributed by atoms with Crippen LogP contribution in [-0.2, 0) is 22.7 Å². The fourth-order valence-corrected chi connectivity index (χ4v) is 4.03. The summed E-state index contributed by atoms with van der Waals surface area (Å²) in [7, 11) is 1.61. The first-order valence-corrected chi connectivity index (χ1v) is 10.8. The van der Waals surface area contributed by atoms with Gasteiger partial charge in [-0.1, -0.05) is 31.2 Å². The molecule has 0 radical (unpaired) electrons. The summed E-state index contributed by atoms with van der Waals surface area (Å²) in [6.45, 7) is 6.89. The predicted molar refractivity (Wildman–Crippen MR) is 112 cm³/mol. The Morgan fingerprint density at radius 2 is 2.07 bits per heavy atom. The summed E-state index contributed by atoms with van der Waals surface area (Å²) in [5.74, 6) is 2.02. The Kier molecular flexibility index (Phi) is 9.44. The maximum Gasteiger partial charge on any atom is 0.234 e. The number of ether oxygens (including phenoxy) is 1. The Morgan fingerprint density at radius 1 is 1.30 bits per heavy atom. The number of thioether (sulfide) groups is 2. The average Bonchev–Trinajstić information content (AvgIpc) is 3.04. The van der Waals surface area contributed by atoms with Crippen LogP contribution in [-0.4, -0.2) is 39.3 Å². The van der Waals surface area contributed by atoms with E-state index in [0.717, 1.165) is 17.3 Å². The molecule has 1 amide bonds. The van der Waals surface area contributed by atoms with Crippen molar-refractivity contribution in [3.63, 3.8) is 0 Å². The van der Waals surface area contributed by atoms with Crippen molar-refractivity contribution in [3.8, 4) is 0 Å². The molecule has 1 aromatic carbocycles. The number of hydrogen-bond acceptors (Lipinski definition) is 6. The van der Waals surface area contributed by atoms with Gasteiger partial charge in [-0.3, -0.25) is 4.79 Å². The van der Waals surface area contributed by atoms with Crippen molar-refractivity contribution in [1.82, 2.24) is 14.8 Å². The van der Waals surface area contributed by atoms with Crippen LogP contribution in [0.3, 0.4) is 0 Å². The number of unbranched alkanes of at least 4 members (excludes halogenated alkanes) is 1. The van der Waals surface area contributed by atoms with Crippen molar-refractivity contribution in [2.45, 2.75) is 43.0 Å². The van der Waals surface area contributed by atoms with Crippen LogP contribution in [0.2, 0.25) is 0 Å². The molecule has 1 N–H and O–H groups in total. The number of nitrogens with one attached hydrogen (secondary N) is 1. The molecule has 6 nitrogen and oxygen atoms in total. The standard InChI is InChI=1S/C19H26N4O2S2/c1-4-6-12-26-16-9-7-15(8-10-16)20-18(24)14-27-19-22-21-17(13-25-3)23(19)11-5-2/h5,7-10H,2,4,6,11-14H2,1,3H3,(H,20,24). The van der Waals surface area contributed by atoms with Gasteiger partial charge in [0.15, 0.2) is 11.0 Å². The lowest BCUT2D eigenvalue weighted by atomic mass is 10.3. The van der Waals surface area contributed by atoms with Crippen molar-refractivity contribution < 1.29 is 9.53 Å². The molecule has 8 heteroatoms. The second-order valence-electron chi connectivity index (χ2n) is 5.79. The number of nitrogens with zero attached hydrogens (tertiary/aromatic N) is 3. The largest absolute Gasteiger partial charge is 0.377 e. The Labute approximate surface area is 169 Å². The van der Waals surface area contributed by atoms with Crippen molar-refractivity contribution >= 4 is 35.1 Å². The minimum Gasteiger partial charge on any atom is -0.377 e. The van der Waals surface area contributed by atoms with E-state index in [2.05, 4.69) is 29.0 Å². The average molecular weight is 407 g/mol. The molecule has 0 unspecified atom stereocenters. The van der Waals surface area contributed by atoms with Gasteiger partial charge in [-0.2, -0.15) is 0 Å². The molecule has 0 aliphatic heterocycles. The van der Waals surface area contributed by atoms with Crippen LogP contribution in [0.1, 0.15) is 25.6 Å². The van der Waals surface area contributed by atoms with Crippen LogP contribution >= 0.6 is 23.5 Å². The number of allylic oxidation sites excluding steroid dienone is 1. The molecule has 0 saturated heterocycles. The number of anilines is 1. The van der Waals surface area contributed by atoms with Crippen molar-refractivity contribution in [2.75, 3.05) is 23.9 Å². The van der Waals surface area contributed by atoms with Gasteiger partial charge in [0, 0.05) is 24.2 Å². The molecule has 0 atom stereocenters. The predicted octanol–water partition coefficient (Wildman–Crippen LogP) is 4.23. The molecule has 146 valence electrons. The van der Waals surface area contributed by atoms with E-state index < -0.39 is 0 Å². The summed E-state index contributed by atoms with van der Waals surface area (Å²) in [6, 6.07) is 7.96. The van der Waals surface area contributed by atoms with Gasteiger partial charge in [0.1, 0.15) is 6.61 Å². The summed E-state index contributed by atoms with van der Waals surface area (Å²) < 4.78 is 7.02. The van der Waals surface area contributed by atoms with E-state index >= 15 is 0 Å². The fraction of sp³-hybridized carbons (Fsp3) is 0.421. The molecule has 0 fully saturated rings. The highest BCUT2D eigenvalue weighted by Crippen LogP contribution is 2.22. The Hall–Kier alpha value is -1.77. The lowest BCUT2D eigenvalue weighted by Gasteiger charge is -2.08. The van der Waals surface area contributed by atoms with E-state index in [1.807, 2.05) is 40.6 Å². The first-order valence-electron chi connectivity index (χ1n) is 8.85. The van der Waals surface area contributed by atoms with Crippen molar-refractivity contribution in [1.29, 1.82) is 0 Å². The molecule has 1 heterocycles. The zero-order valence-corrected chi connectivity index (χ0v) is 17.4. The maximum atomic E-state index is 12.2. The number of carbonyl (C=O) groups is 1. The number of rotatable bonds is 12. The molecular formula is C19H26N4O2S2. The highest BCUT2D eigenvalue weighted by atomic mass is 32.2. The minimum absolute atomic E-state index is 0.0761. The quantitative estimate of drug-likeness (QED) is 0.323. The summed E-state index contributed by atoms with van der Waals surface area (Å²) in [4.78, 5) is 13.5. The van der Waals surface area contributed by atoms with Gasteiger partial charge in [-0.25, -0.2) is 0 Å². The summed E-state index contributed by atoms with van der Waals surface area (Å²) in [5.41, 5.74) is 0.799. The highest BCUT2D eigenvalue weighted by Gasteiger charge is 2.13. The maximum absolute atomic E-state index is 12.2. The lowest BCUT2D eigenvalue weighted by molar-refractivity contribution is -0.113. The molecule has 27 heavy (non-hydrogen) atoms. The molecule has 0 saturated carbocycles. The number of hydrogen-bond donors (Lipinski definition) is 1. The topological polar surface area (TPSA) is 69.0 Å². The van der Waals surface area contributed by atoms with Crippen molar-refractivity contribution in [3.05, 3.63) is 42.7 Å². The molecule has 1 aromatic heterocycles. The third-order valence-electron chi connectivity index (χ3n) is 3.62.